The van der Waals surface area contributed by atoms with E-state index in [-0.39, 0.29) is 5.92 Å². The van der Waals surface area contributed by atoms with Crippen LogP contribution in [0.4, 0.5) is 0 Å². The van der Waals surface area contributed by atoms with Crippen LogP contribution in [-0.2, 0) is 4.79 Å². The summed E-state index contributed by atoms with van der Waals surface area (Å²) in [5.41, 5.74) is 6.05. The predicted octanol–water partition coefficient (Wildman–Crippen LogP) is 1.79. The zero-order chi connectivity index (χ0) is 12.0. The molecule has 1 unspecified atom stereocenters. The van der Waals surface area contributed by atoms with Gasteiger partial charge in [0.1, 0.15) is 0 Å². The number of nitrogens with two attached hydrogens (primary N) is 1. The Morgan fingerprint density at radius 2 is 2.06 bits per heavy atom. The van der Waals surface area contributed by atoms with Crippen molar-refractivity contribution in [2.75, 3.05) is 0 Å². The average molecular weight is 219 g/mol. The fourth-order valence-corrected chi connectivity index (χ4v) is 1.61. The number of amides is 1. The summed E-state index contributed by atoms with van der Waals surface area (Å²) >= 11 is 0. The van der Waals surface area contributed by atoms with Gasteiger partial charge in [0, 0.05) is 5.92 Å². The molecule has 0 aliphatic carbocycles. The highest BCUT2D eigenvalue weighted by atomic mass is 16.3. The van der Waals surface area contributed by atoms with Gasteiger partial charge in [-0.3, -0.25) is 4.79 Å². The standard InChI is InChI=1S/C13H17NO2/c1-2-6-11(13(14)16)9-12(15)10-7-4-3-5-8-10/h2-5,7-8,11-12,15H,1,6,9H2,(H2,14,16)/t11?,12-/m1/s1. The summed E-state index contributed by atoms with van der Waals surface area (Å²) < 4.78 is 0. The third-order valence-electron chi connectivity index (χ3n) is 2.55. The number of allylic oxidation sites excluding steroid dienone is 1. The molecule has 2 atom stereocenters. The SMILES string of the molecule is C=CCC(C[C@@H](O)c1ccccc1)C(N)=O. The van der Waals surface area contributed by atoms with Gasteiger partial charge in [-0.05, 0) is 18.4 Å². The second-order valence-electron chi connectivity index (χ2n) is 3.79. The molecule has 0 spiro atoms. The zero-order valence-corrected chi connectivity index (χ0v) is 9.17. The first-order valence-electron chi connectivity index (χ1n) is 5.28. The summed E-state index contributed by atoms with van der Waals surface area (Å²) in [6.45, 7) is 3.57. The van der Waals surface area contributed by atoms with Gasteiger partial charge in [0.15, 0.2) is 0 Å². The third-order valence-corrected chi connectivity index (χ3v) is 2.55. The molecule has 1 amide bonds. The second kappa shape index (κ2) is 6.08. The topological polar surface area (TPSA) is 63.3 Å². The molecule has 1 rings (SSSR count). The van der Waals surface area contributed by atoms with Gasteiger partial charge in [-0.2, -0.15) is 0 Å². The molecule has 16 heavy (non-hydrogen) atoms. The van der Waals surface area contributed by atoms with Crippen molar-refractivity contribution < 1.29 is 9.90 Å². The molecule has 3 heteroatoms. The molecule has 0 radical (unpaired) electrons. The first kappa shape index (κ1) is 12.5. The molecular weight excluding hydrogens is 202 g/mol. The van der Waals surface area contributed by atoms with Crippen LogP contribution in [0.25, 0.3) is 0 Å². The average Bonchev–Trinajstić information content (AvgIpc) is 2.29. The summed E-state index contributed by atoms with van der Waals surface area (Å²) in [4.78, 5) is 11.1. The molecule has 3 nitrogen and oxygen atoms in total. The van der Waals surface area contributed by atoms with Crippen molar-refractivity contribution in [3.8, 4) is 0 Å². The van der Waals surface area contributed by atoms with Crippen molar-refractivity contribution in [3.05, 3.63) is 48.6 Å². The number of primary amides is 1. The number of aliphatic hydroxyl groups is 1. The molecule has 0 aliphatic rings. The van der Waals surface area contributed by atoms with Gasteiger partial charge in [0.05, 0.1) is 6.10 Å². The maximum absolute atomic E-state index is 11.1. The van der Waals surface area contributed by atoms with Crippen LogP contribution in [0, 0.1) is 5.92 Å². The van der Waals surface area contributed by atoms with E-state index in [2.05, 4.69) is 6.58 Å². The highest BCUT2D eigenvalue weighted by molar-refractivity contribution is 5.76. The number of rotatable bonds is 6. The number of aliphatic hydroxyl groups excluding tert-OH is 1. The summed E-state index contributed by atoms with van der Waals surface area (Å²) in [6, 6.07) is 9.25. The lowest BCUT2D eigenvalue weighted by Gasteiger charge is -2.16. The van der Waals surface area contributed by atoms with Gasteiger partial charge in [0.2, 0.25) is 5.91 Å². The number of carbonyl (C=O) groups excluding carboxylic acids is 1. The van der Waals surface area contributed by atoms with Gasteiger partial charge in [0.25, 0.3) is 0 Å². The van der Waals surface area contributed by atoms with E-state index >= 15 is 0 Å². The Hall–Kier alpha value is -1.61. The Kier molecular flexibility index (Phi) is 4.73. The minimum atomic E-state index is -0.654. The van der Waals surface area contributed by atoms with Gasteiger partial charge >= 0.3 is 0 Å². The van der Waals surface area contributed by atoms with Crippen LogP contribution in [0.3, 0.4) is 0 Å². The van der Waals surface area contributed by atoms with Gasteiger partial charge in [-0.1, -0.05) is 36.4 Å². The van der Waals surface area contributed by atoms with Gasteiger partial charge < -0.3 is 10.8 Å². The molecule has 1 aromatic rings. The van der Waals surface area contributed by atoms with Crippen LogP contribution in [0.2, 0.25) is 0 Å². The lowest BCUT2D eigenvalue weighted by Crippen LogP contribution is -2.24. The Bertz CT molecular complexity index is 348. The summed E-state index contributed by atoms with van der Waals surface area (Å²) in [5, 5.41) is 9.92. The minimum absolute atomic E-state index is 0.339. The molecule has 0 heterocycles. The van der Waals surface area contributed by atoms with E-state index in [4.69, 9.17) is 5.73 Å². The van der Waals surface area contributed by atoms with E-state index in [9.17, 15) is 9.90 Å². The monoisotopic (exact) mass is 219 g/mol. The third kappa shape index (κ3) is 3.51. The first-order chi connectivity index (χ1) is 7.65. The van der Waals surface area contributed by atoms with E-state index in [1.807, 2.05) is 30.3 Å². The Labute approximate surface area is 95.6 Å². The minimum Gasteiger partial charge on any atom is -0.388 e. The molecule has 0 saturated carbocycles. The molecular formula is C13H17NO2. The maximum Gasteiger partial charge on any atom is 0.220 e. The van der Waals surface area contributed by atoms with Crippen molar-refractivity contribution in [2.24, 2.45) is 11.7 Å². The highest BCUT2D eigenvalue weighted by Gasteiger charge is 2.19. The Morgan fingerprint density at radius 3 is 2.56 bits per heavy atom. The first-order valence-corrected chi connectivity index (χ1v) is 5.28. The summed E-state index contributed by atoms with van der Waals surface area (Å²) in [5.74, 6) is -0.748. The number of carbonyl (C=O) groups is 1. The Balaban J connectivity index is 2.65. The van der Waals surface area contributed by atoms with Crippen LogP contribution >= 0.6 is 0 Å². The number of hydrogen-bond donors (Lipinski definition) is 2. The van der Waals surface area contributed by atoms with Crippen molar-refractivity contribution >= 4 is 5.91 Å². The van der Waals surface area contributed by atoms with E-state index in [1.54, 1.807) is 6.08 Å². The summed E-state index contributed by atoms with van der Waals surface area (Å²) in [7, 11) is 0. The van der Waals surface area contributed by atoms with E-state index < -0.39 is 12.0 Å². The van der Waals surface area contributed by atoms with Crippen LogP contribution in [-0.4, -0.2) is 11.0 Å². The predicted molar refractivity (Wildman–Crippen MR) is 63.5 cm³/mol. The zero-order valence-electron chi connectivity index (χ0n) is 9.17. The fourth-order valence-electron chi connectivity index (χ4n) is 1.61. The van der Waals surface area contributed by atoms with Crippen molar-refractivity contribution in [2.45, 2.75) is 18.9 Å². The molecule has 3 N–H and O–H groups in total. The van der Waals surface area contributed by atoms with Crippen LogP contribution in [0.5, 0.6) is 0 Å². The quantitative estimate of drug-likeness (QED) is 0.716. The molecule has 86 valence electrons. The molecule has 0 aromatic heterocycles. The van der Waals surface area contributed by atoms with E-state index in [1.165, 1.54) is 0 Å². The maximum atomic E-state index is 11.1. The van der Waals surface area contributed by atoms with Crippen molar-refractivity contribution in [1.29, 1.82) is 0 Å². The van der Waals surface area contributed by atoms with Crippen LogP contribution < -0.4 is 5.73 Å². The van der Waals surface area contributed by atoms with Crippen LogP contribution in [0.15, 0.2) is 43.0 Å². The van der Waals surface area contributed by atoms with Crippen molar-refractivity contribution in [1.82, 2.24) is 0 Å². The lowest BCUT2D eigenvalue weighted by molar-refractivity contribution is -0.122. The Morgan fingerprint density at radius 1 is 1.44 bits per heavy atom. The molecule has 1 aromatic carbocycles. The van der Waals surface area contributed by atoms with Crippen molar-refractivity contribution in [3.63, 3.8) is 0 Å². The lowest BCUT2D eigenvalue weighted by atomic mass is 9.94. The normalized spacial score (nSPS) is 14.1. The second-order valence-corrected chi connectivity index (χ2v) is 3.79. The van der Waals surface area contributed by atoms with Crippen LogP contribution in [0.1, 0.15) is 24.5 Å². The number of benzene rings is 1. The molecule has 0 bridgehead atoms. The fraction of sp³-hybridized carbons (Fsp3) is 0.308. The van der Waals surface area contributed by atoms with Gasteiger partial charge in [-0.15, -0.1) is 6.58 Å². The molecule has 0 saturated heterocycles. The number of hydrogen-bond acceptors (Lipinski definition) is 2. The van der Waals surface area contributed by atoms with Gasteiger partial charge in [-0.25, -0.2) is 0 Å². The summed E-state index contributed by atoms with van der Waals surface area (Å²) in [6.07, 6.45) is 1.83. The highest BCUT2D eigenvalue weighted by Crippen LogP contribution is 2.22. The molecule has 0 fully saturated rings. The van der Waals surface area contributed by atoms with E-state index in [0.29, 0.717) is 12.8 Å². The van der Waals surface area contributed by atoms with E-state index in [0.717, 1.165) is 5.56 Å². The largest absolute Gasteiger partial charge is 0.388 e. The smallest absolute Gasteiger partial charge is 0.220 e. The molecule has 0 aliphatic heterocycles.